The maximum absolute atomic E-state index is 10.7. The molecule has 0 aliphatic carbocycles. The predicted molar refractivity (Wildman–Crippen MR) is 167 cm³/mol. The molecular formula is C34H44N6O2. The highest BCUT2D eigenvalue weighted by Gasteiger charge is 2.45. The Kier molecular flexibility index (Phi) is 6.48. The van der Waals surface area contributed by atoms with Gasteiger partial charge in [-0.05, 0) is 81.0 Å². The zero-order valence-corrected chi connectivity index (χ0v) is 25.1. The molecule has 0 radical (unpaired) electrons. The van der Waals surface area contributed by atoms with Crippen LogP contribution in [0.4, 0.5) is 11.5 Å². The van der Waals surface area contributed by atoms with Crippen molar-refractivity contribution < 1.29 is 9.84 Å². The van der Waals surface area contributed by atoms with Crippen LogP contribution in [-0.2, 0) is 13.0 Å². The Bertz CT molecular complexity index is 1490. The van der Waals surface area contributed by atoms with Crippen LogP contribution in [0.1, 0.15) is 75.1 Å². The lowest BCUT2D eigenvalue weighted by Crippen LogP contribution is -2.52. The number of phenols is 1. The van der Waals surface area contributed by atoms with E-state index in [0.717, 1.165) is 48.6 Å². The lowest BCUT2D eigenvalue weighted by atomic mass is 9.93. The van der Waals surface area contributed by atoms with Gasteiger partial charge in [0.2, 0.25) is 0 Å². The van der Waals surface area contributed by atoms with E-state index in [1.807, 2.05) is 12.1 Å². The molecule has 5 aliphatic heterocycles. The largest absolute Gasteiger partial charge is 0.508 e. The fraction of sp³-hybridized carbons (Fsp3) is 0.588. The molecule has 2 bridgehead atoms. The standard InChI is InChI=1S/C34H44N6O2/c1-22(2)27-7-3-6-23-16-26(41)17-30(31(23)27)38-15-10-28-29(20-38)36-33(42-21-34-11-4-13-40(34)14-5-12-34)37-32(28)39-18-24-8-9-25(19-39)35-24/h3,6-7,16-17,22,24-25,35,41H,4-5,8-15,18-21H2,1-2H3. The quantitative estimate of drug-likeness (QED) is 0.432. The predicted octanol–water partition coefficient (Wildman–Crippen LogP) is 4.97. The minimum absolute atomic E-state index is 0.160. The topological polar surface area (TPSA) is 77.0 Å². The van der Waals surface area contributed by atoms with Crippen LogP contribution >= 0.6 is 0 Å². The molecule has 2 N–H and O–H groups in total. The first-order valence-corrected chi connectivity index (χ1v) is 16.2. The summed E-state index contributed by atoms with van der Waals surface area (Å²) in [6.45, 7) is 11.1. The van der Waals surface area contributed by atoms with Crippen LogP contribution in [0.3, 0.4) is 0 Å². The van der Waals surface area contributed by atoms with Crippen molar-refractivity contribution in [3.8, 4) is 11.8 Å². The Balaban J connectivity index is 1.16. The minimum Gasteiger partial charge on any atom is -0.508 e. The summed E-state index contributed by atoms with van der Waals surface area (Å²) >= 11 is 0. The van der Waals surface area contributed by atoms with E-state index in [1.54, 1.807) is 0 Å². The molecule has 42 heavy (non-hydrogen) atoms. The maximum atomic E-state index is 10.7. The van der Waals surface area contributed by atoms with Gasteiger partial charge in [0.05, 0.1) is 17.8 Å². The summed E-state index contributed by atoms with van der Waals surface area (Å²) in [5.74, 6) is 1.78. The molecule has 1 aromatic heterocycles. The molecular weight excluding hydrogens is 524 g/mol. The molecule has 0 amide bonds. The molecule has 0 spiro atoms. The average molecular weight is 569 g/mol. The van der Waals surface area contributed by atoms with Gasteiger partial charge in [-0.25, -0.2) is 0 Å². The third kappa shape index (κ3) is 4.49. The molecule has 4 saturated heterocycles. The number of phenolic OH excluding ortho intramolecular Hbond substituents is 1. The van der Waals surface area contributed by atoms with Gasteiger partial charge >= 0.3 is 6.01 Å². The summed E-state index contributed by atoms with van der Waals surface area (Å²) in [5.41, 5.74) is 4.91. The summed E-state index contributed by atoms with van der Waals surface area (Å²) < 4.78 is 6.58. The van der Waals surface area contributed by atoms with Gasteiger partial charge in [-0.2, -0.15) is 9.97 Å². The van der Waals surface area contributed by atoms with Crippen LogP contribution < -0.4 is 19.9 Å². The Hall–Kier alpha value is -3.10. The zero-order valence-electron chi connectivity index (χ0n) is 25.1. The van der Waals surface area contributed by atoms with Gasteiger partial charge in [-0.3, -0.25) is 4.90 Å². The Morgan fingerprint density at radius 2 is 1.81 bits per heavy atom. The van der Waals surface area contributed by atoms with E-state index >= 15 is 0 Å². The van der Waals surface area contributed by atoms with Gasteiger partial charge in [0.15, 0.2) is 0 Å². The number of aromatic nitrogens is 2. The van der Waals surface area contributed by atoms with Gasteiger partial charge in [0, 0.05) is 54.4 Å². The van der Waals surface area contributed by atoms with Gasteiger partial charge in [0.25, 0.3) is 0 Å². The van der Waals surface area contributed by atoms with Gasteiger partial charge in [-0.15, -0.1) is 0 Å². The van der Waals surface area contributed by atoms with Crippen LogP contribution in [0.5, 0.6) is 11.8 Å². The molecule has 4 fully saturated rings. The summed E-state index contributed by atoms with van der Waals surface area (Å²) in [6, 6.07) is 11.9. The van der Waals surface area contributed by atoms with Gasteiger partial charge in [-0.1, -0.05) is 32.0 Å². The number of ether oxygens (including phenoxy) is 1. The number of aromatic hydroxyl groups is 1. The van der Waals surface area contributed by atoms with E-state index < -0.39 is 0 Å². The molecule has 6 heterocycles. The van der Waals surface area contributed by atoms with Crippen LogP contribution in [-0.4, -0.2) is 76.9 Å². The maximum Gasteiger partial charge on any atom is 0.318 e. The number of nitrogens with zero attached hydrogens (tertiary/aromatic N) is 5. The highest BCUT2D eigenvalue weighted by Crippen LogP contribution is 2.41. The molecule has 5 aliphatic rings. The highest BCUT2D eigenvalue weighted by molar-refractivity contribution is 5.98. The smallest absolute Gasteiger partial charge is 0.318 e. The molecule has 2 aromatic carbocycles. The average Bonchev–Trinajstić information content (AvgIpc) is 3.67. The number of hydrogen-bond donors (Lipinski definition) is 2. The normalized spacial score (nSPS) is 24.9. The van der Waals surface area contributed by atoms with Crippen LogP contribution in [0.2, 0.25) is 0 Å². The second-order valence-corrected chi connectivity index (χ2v) is 13.7. The number of piperazine rings is 1. The van der Waals surface area contributed by atoms with Crippen molar-refractivity contribution in [2.24, 2.45) is 0 Å². The number of fused-ring (bicyclic) bond motifs is 5. The number of hydrogen-bond acceptors (Lipinski definition) is 8. The van der Waals surface area contributed by atoms with Crippen molar-refractivity contribution in [3.05, 3.63) is 47.2 Å². The fourth-order valence-corrected chi connectivity index (χ4v) is 8.70. The Labute approximate surface area is 249 Å². The van der Waals surface area contributed by atoms with Crippen molar-refractivity contribution >= 4 is 22.3 Å². The number of anilines is 2. The fourth-order valence-electron chi connectivity index (χ4n) is 8.70. The first kappa shape index (κ1) is 26.5. The van der Waals surface area contributed by atoms with E-state index in [1.165, 1.54) is 68.1 Å². The molecule has 0 saturated carbocycles. The molecule has 3 aromatic rings. The molecule has 8 nitrogen and oxygen atoms in total. The van der Waals surface area contributed by atoms with Crippen molar-refractivity contribution in [2.45, 2.75) is 88.9 Å². The second kappa shape index (κ2) is 10.3. The summed E-state index contributed by atoms with van der Waals surface area (Å²) in [7, 11) is 0. The monoisotopic (exact) mass is 568 g/mol. The first-order chi connectivity index (χ1) is 20.5. The number of benzene rings is 2. The van der Waals surface area contributed by atoms with E-state index in [-0.39, 0.29) is 5.54 Å². The van der Waals surface area contributed by atoms with E-state index in [9.17, 15) is 5.11 Å². The van der Waals surface area contributed by atoms with Crippen molar-refractivity contribution in [2.75, 3.05) is 49.1 Å². The van der Waals surface area contributed by atoms with Gasteiger partial charge < -0.3 is 25.0 Å². The van der Waals surface area contributed by atoms with Crippen molar-refractivity contribution in [3.63, 3.8) is 0 Å². The lowest BCUT2D eigenvalue weighted by molar-refractivity contribution is 0.107. The SMILES string of the molecule is CC(C)c1cccc2cc(O)cc(N3CCc4c(nc(OCC56CCCN5CCC6)nc4N4CC5CCC(C4)N5)C3)c12. The second-order valence-electron chi connectivity index (χ2n) is 13.7. The van der Waals surface area contributed by atoms with E-state index in [4.69, 9.17) is 14.7 Å². The Morgan fingerprint density at radius 3 is 2.57 bits per heavy atom. The summed E-state index contributed by atoms with van der Waals surface area (Å²) in [6.07, 6.45) is 8.30. The van der Waals surface area contributed by atoms with E-state index in [0.29, 0.717) is 42.9 Å². The minimum atomic E-state index is 0.160. The summed E-state index contributed by atoms with van der Waals surface area (Å²) in [5, 5.41) is 16.8. The third-order valence-corrected chi connectivity index (χ3v) is 10.8. The Morgan fingerprint density at radius 1 is 1.02 bits per heavy atom. The lowest BCUT2D eigenvalue weighted by Gasteiger charge is -2.38. The van der Waals surface area contributed by atoms with Crippen LogP contribution in [0.25, 0.3) is 10.8 Å². The molecule has 8 rings (SSSR count). The third-order valence-electron chi connectivity index (χ3n) is 10.8. The highest BCUT2D eigenvalue weighted by atomic mass is 16.5. The van der Waals surface area contributed by atoms with Crippen LogP contribution in [0.15, 0.2) is 30.3 Å². The molecule has 2 atom stereocenters. The first-order valence-electron chi connectivity index (χ1n) is 16.2. The molecule has 8 heteroatoms. The van der Waals surface area contributed by atoms with Gasteiger partial charge in [0.1, 0.15) is 18.2 Å². The zero-order chi connectivity index (χ0) is 28.4. The molecule has 222 valence electrons. The number of rotatable bonds is 6. The number of nitrogens with one attached hydrogen (secondary N) is 1. The molecule has 2 unspecified atom stereocenters. The van der Waals surface area contributed by atoms with Crippen LogP contribution in [0, 0.1) is 0 Å². The van der Waals surface area contributed by atoms with Crippen molar-refractivity contribution in [1.29, 1.82) is 0 Å². The van der Waals surface area contributed by atoms with Crippen molar-refractivity contribution in [1.82, 2.24) is 20.2 Å². The van der Waals surface area contributed by atoms with E-state index in [2.05, 4.69) is 52.1 Å². The summed E-state index contributed by atoms with van der Waals surface area (Å²) in [4.78, 5) is 17.9.